The van der Waals surface area contributed by atoms with Crippen LogP contribution in [0.1, 0.15) is 37.0 Å². The van der Waals surface area contributed by atoms with Crippen LogP contribution >= 0.6 is 0 Å². The van der Waals surface area contributed by atoms with E-state index in [4.69, 9.17) is 9.47 Å². The second-order valence-corrected chi connectivity index (χ2v) is 6.65. The summed E-state index contributed by atoms with van der Waals surface area (Å²) in [7, 11) is 0. The number of rotatable bonds is 9. The zero-order valence-corrected chi connectivity index (χ0v) is 14.9. The number of benzene rings is 1. The highest BCUT2D eigenvalue weighted by atomic mass is 16.5. The number of hydrogen-bond donors (Lipinski definition) is 1. The Morgan fingerprint density at radius 1 is 1.21 bits per heavy atom. The van der Waals surface area contributed by atoms with Crippen molar-refractivity contribution in [3.05, 3.63) is 29.8 Å². The van der Waals surface area contributed by atoms with Gasteiger partial charge in [-0.3, -0.25) is 9.69 Å². The topological polar surface area (TPSA) is 50.8 Å². The molecule has 1 N–H and O–H groups in total. The van der Waals surface area contributed by atoms with Crippen LogP contribution in [0.25, 0.3) is 0 Å². The Morgan fingerprint density at radius 3 is 2.58 bits per heavy atom. The minimum atomic E-state index is -0.0169. The summed E-state index contributed by atoms with van der Waals surface area (Å²) in [6.45, 7) is 10.4. The molecule has 1 aliphatic heterocycles. The lowest BCUT2D eigenvalue weighted by molar-refractivity contribution is 0.0372. The standard InChI is InChI=1S/C19H30N2O3/c1-16(2)15-24-18-7-5-17(6-8-18)19(22)20-9-3-4-10-21-11-13-23-14-12-21/h5-8,16H,3-4,9-15H2,1-2H3,(H,20,22). The number of carbonyl (C=O) groups excluding carboxylic acids is 1. The first kappa shape index (κ1) is 18.7. The molecule has 0 aromatic heterocycles. The lowest BCUT2D eigenvalue weighted by atomic mass is 10.2. The number of hydrogen-bond acceptors (Lipinski definition) is 4. The molecule has 1 aromatic carbocycles. The first-order chi connectivity index (χ1) is 11.6. The number of nitrogens with zero attached hydrogens (tertiary/aromatic N) is 1. The Bertz CT molecular complexity index is 482. The fraction of sp³-hybridized carbons (Fsp3) is 0.632. The molecular weight excluding hydrogens is 304 g/mol. The maximum absolute atomic E-state index is 12.1. The van der Waals surface area contributed by atoms with Gasteiger partial charge in [0.05, 0.1) is 19.8 Å². The average molecular weight is 334 g/mol. The van der Waals surface area contributed by atoms with Gasteiger partial charge in [-0.05, 0) is 49.6 Å². The van der Waals surface area contributed by atoms with Crippen LogP contribution in [0, 0.1) is 5.92 Å². The molecule has 1 saturated heterocycles. The SMILES string of the molecule is CC(C)COc1ccc(C(=O)NCCCCN2CCOCC2)cc1. The zero-order valence-electron chi connectivity index (χ0n) is 14.9. The van der Waals surface area contributed by atoms with Crippen LogP contribution in [-0.2, 0) is 4.74 Å². The fourth-order valence-electron chi connectivity index (χ4n) is 2.55. The molecule has 5 heteroatoms. The number of ether oxygens (including phenoxy) is 2. The predicted molar refractivity (Wildman–Crippen MR) is 95.6 cm³/mol. The minimum Gasteiger partial charge on any atom is -0.493 e. The lowest BCUT2D eigenvalue weighted by Gasteiger charge is -2.26. The highest BCUT2D eigenvalue weighted by Gasteiger charge is 2.09. The molecular formula is C19H30N2O3. The summed E-state index contributed by atoms with van der Waals surface area (Å²) < 4.78 is 11.0. The molecule has 0 saturated carbocycles. The lowest BCUT2D eigenvalue weighted by Crippen LogP contribution is -2.37. The Kier molecular flexibility index (Phi) is 8.05. The monoisotopic (exact) mass is 334 g/mol. The van der Waals surface area contributed by atoms with Gasteiger partial charge in [0.2, 0.25) is 0 Å². The third-order valence-electron chi connectivity index (χ3n) is 3.99. The van der Waals surface area contributed by atoms with Crippen molar-refractivity contribution >= 4 is 5.91 Å². The summed E-state index contributed by atoms with van der Waals surface area (Å²) in [6, 6.07) is 7.35. The molecule has 1 heterocycles. The minimum absolute atomic E-state index is 0.0169. The molecule has 0 spiro atoms. The maximum atomic E-state index is 12.1. The van der Waals surface area contributed by atoms with Gasteiger partial charge >= 0.3 is 0 Å². The molecule has 0 aliphatic carbocycles. The summed E-state index contributed by atoms with van der Waals surface area (Å²) in [5.74, 6) is 1.29. The van der Waals surface area contributed by atoms with Crippen LogP contribution in [0.5, 0.6) is 5.75 Å². The summed E-state index contributed by atoms with van der Waals surface area (Å²) in [4.78, 5) is 14.5. The van der Waals surface area contributed by atoms with Crippen molar-refractivity contribution in [3.8, 4) is 5.75 Å². The molecule has 1 aliphatic rings. The molecule has 5 nitrogen and oxygen atoms in total. The van der Waals surface area contributed by atoms with Gasteiger partial charge in [0, 0.05) is 25.2 Å². The number of morpholine rings is 1. The molecule has 2 rings (SSSR count). The van der Waals surface area contributed by atoms with Crippen molar-refractivity contribution in [1.82, 2.24) is 10.2 Å². The van der Waals surface area contributed by atoms with Gasteiger partial charge in [-0.15, -0.1) is 0 Å². The van der Waals surface area contributed by atoms with E-state index in [1.54, 1.807) is 0 Å². The largest absolute Gasteiger partial charge is 0.493 e. The molecule has 134 valence electrons. The molecule has 0 bridgehead atoms. The first-order valence-corrected chi connectivity index (χ1v) is 8.96. The van der Waals surface area contributed by atoms with Crippen LogP contribution in [0.15, 0.2) is 24.3 Å². The summed E-state index contributed by atoms with van der Waals surface area (Å²) >= 11 is 0. The van der Waals surface area contributed by atoms with Crippen molar-refractivity contribution in [3.63, 3.8) is 0 Å². The van der Waals surface area contributed by atoms with Crippen LogP contribution in [-0.4, -0.2) is 56.8 Å². The number of unbranched alkanes of at least 4 members (excludes halogenated alkanes) is 1. The van der Waals surface area contributed by atoms with Crippen molar-refractivity contribution in [2.75, 3.05) is 46.0 Å². The Morgan fingerprint density at radius 2 is 1.92 bits per heavy atom. The summed E-state index contributed by atoms with van der Waals surface area (Å²) in [5.41, 5.74) is 0.681. The van der Waals surface area contributed by atoms with Gasteiger partial charge in [-0.2, -0.15) is 0 Å². The second-order valence-electron chi connectivity index (χ2n) is 6.65. The van der Waals surface area contributed by atoms with Gasteiger partial charge < -0.3 is 14.8 Å². The van der Waals surface area contributed by atoms with E-state index in [0.29, 0.717) is 18.1 Å². The molecule has 1 fully saturated rings. The Hall–Kier alpha value is -1.59. The molecule has 24 heavy (non-hydrogen) atoms. The highest BCUT2D eigenvalue weighted by molar-refractivity contribution is 5.94. The van der Waals surface area contributed by atoms with Crippen LogP contribution in [0.3, 0.4) is 0 Å². The molecule has 1 aromatic rings. The van der Waals surface area contributed by atoms with Crippen LogP contribution < -0.4 is 10.1 Å². The van der Waals surface area contributed by atoms with Gasteiger partial charge in [0.25, 0.3) is 5.91 Å². The fourth-order valence-corrected chi connectivity index (χ4v) is 2.55. The van der Waals surface area contributed by atoms with Gasteiger partial charge in [-0.25, -0.2) is 0 Å². The van der Waals surface area contributed by atoms with E-state index >= 15 is 0 Å². The van der Waals surface area contributed by atoms with Crippen molar-refractivity contribution in [1.29, 1.82) is 0 Å². The summed E-state index contributed by atoms with van der Waals surface area (Å²) in [6.07, 6.45) is 2.10. The third-order valence-corrected chi connectivity index (χ3v) is 3.99. The van der Waals surface area contributed by atoms with Crippen LogP contribution in [0.2, 0.25) is 0 Å². The molecule has 0 atom stereocenters. The van der Waals surface area contributed by atoms with Crippen molar-refractivity contribution in [2.24, 2.45) is 5.92 Å². The van der Waals surface area contributed by atoms with Gasteiger partial charge in [-0.1, -0.05) is 13.8 Å². The Labute approximate surface area is 145 Å². The quantitative estimate of drug-likeness (QED) is 0.705. The first-order valence-electron chi connectivity index (χ1n) is 8.96. The second kappa shape index (κ2) is 10.3. The zero-order chi connectivity index (χ0) is 17.2. The third kappa shape index (κ3) is 6.89. The van der Waals surface area contributed by atoms with Gasteiger partial charge in [0.1, 0.15) is 5.75 Å². The maximum Gasteiger partial charge on any atom is 0.251 e. The van der Waals surface area contributed by atoms with E-state index in [0.717, 1.165) is 58.0 Å². The number of carbonyl (C=O) groups is 1. The van der Waals surface area contributed by atoms with E-state index in [1.807, 2.05) is 24.3 Å². The van der Waals surface area contributed by atoms with E-state index in [9.17, 15) is 4.79 Å². The predicted octanol–water partition coefficient (Wildman–Crippen LogP) is 2.56. The van der Waals surface area contributed by atoms with Gasteiger partial charge in [0.15, 0.2) is 0 Å². The normalized spacial score (nSPS) is 15.5. The van der Waals surface area contributed by atoms with Crippen molar-refractivity contribution < 1.29 is 14.3 Å². The molecule has 0 unspecified atom stereocenters. The Balaban J connectivity index is 1.61. The van der Waals surface area contributed by atoms with E-state index < -0.39 is 0 Å². The van der Waals surface area contributed by atoms with Crippen molar-refractivity contribution in [2.45, 2.75) is 26.7 Å². The van der Waals surface area contributed by atoms with E-state index in [-0.39, 0.29) is 5.91 Å². The van der Waals surface area contributed by atoms with E-state index in [2.05, 4.69) is 24.1 Å². The smallest absolute Gasteiger partial charge is 0.251 e. The van der Waals surface area contributed by atoms with Crippen LogP contribution in [0.4, 0.5) is 0 Å². The highest BCUT2D eigenvalue weighted by Crippen LogP contribution is 2.13. The van der Waals surface area contributed by atoms with E-state index in [1.165, 1.54) is 0 Å². The average Bonchev–Trinajstić information content (AvgIpc) is 2.61. The molecule has 1 amide bonds. The number of nitrogens with one attached hydrogen (secondary N) is 1. The number of amides is 1. The summed E-state index contributed by atoms with van der Waals surface area (Å²) in [5, 5.41) is 2.98. The molecule has 0 radical (unpaired) electrons.